The van der Waals surface area contributed by atoms with E-state index in [2.05, 4.69) is 15.4 Å². The smallest absolute Gasteiger partial charge is 0.332 e. The zero-order valence-corrected chi connectivity index (χ0v) is 19.0. The van der Waals surface area contributed by atoms with Gasteiger partial charge in [-0.25, -0.2) is 4.79 Å². The van der Waals surface area contributed by atoms with Crippen LogP contribution in [0.4, 0.5) is 0 Å². The second-order valence-electron chi connectivity index (χ2n) is 7.37. The lowest BCUT2D eigenvalue weighted by Crippen LogP contribution is -2.50. The molecule has 2 atom stereocenters. The van der Waals surface area contributed by atoms with Crippen LogP contribution in [0.15, 0.2) is 36.4 Å². The van der Waals surface area contributed by atoms with Crippen LogP contribution in [0.25, 0.3) is 22.1 Å². The molecule has 0 aliphatic heterocycles. The van der Waals surface area contributed by atoms with Crippen LogP contribution in [0.5, 0.6) is 11.5 Å². The van der Waals surface area contributed by atoms with Crippen molar-refractivity contribution in [3.05, 3.63) is 46.8 Å². The highest BCUT2D eigenvalue weighted by Crippen LogP contribution is 2.26. The van der Waals surface area contributed by atoms with E-state index in [4.69, 9.17) is 9.47 Å². The lowest BCUT2D eigenvalue weighted by Gasteiger charge is -2.17. The van der Waals surface area contributed by atoms with Crippen molar-refractivity contribution in [3.8, 4) is 11.5 Å². The van der Waals surface area contributed by atoms with Crippen molar-refractivity contribution in [2.75, 3.05) is 20.8 Å². The summed E-state index contributed by atoms with van der Waals surface area (Å²) in [4.78, 5) is 35.9. The number of hydrogen-bond donors (Lipinski definition) is 2. The molecule has 180 valence electrons. The minimum atomic E-state index is -0.972. The van der Waals surface area contributed by atoms with Gasteiger partial charge in [0.2, 0.25) is 5.91 Å². The van der Waals surface area contributed by atoms with Gasteiger partial charge in [-0.3, -0.25) is 9.59 Å². The number of esters is 1. The van der Waals surface area contributed by atoms with Crippen molar-refractivity contribution >= 4 is 39.9 Å². The monoisotopic (exact) mass is 472 g/mol. The number of methoxy groups -OCH3 is 2. The molecule has 0 fully saturated rings. The highest BCUT2D eigenvalue weighted by Gasteiger charge is 2.28. The molecule has 0 saturated carbocycles. The van der Waals surface area contributed by atoms with Crippen LogP contribution >= 0.6 is 0 Å². The molecule has 12 heteroatoms. The first-order valence-electron chi connectivity index (χ1n) is 10.2. The van der Waals surface area contributed by atoms with E-state index in [0.717, 1.165) is 0 Å². The zero-order valence-electron chi connectivity index (χ0n) is 19.0. The first kappa shape index (κ1) is 24.3. The van der Waals surface area contributed by atoms with Crippen LogP contribution in [0.2, 0.25) is 0 Å². The molecule has 1 heterocycles. The van der Waals surface area contributed by atoms with Crippen LogP contribution in [-0.2, 0) is 19.1 Å². The second kappa shape index (κ2) is 10.1. The number of nitrogens with zero attached hydrogens (tertiary/aromatic N) is 2. The molecule has 3 rings (SSSR count). The number of carbonyl (C=O) groups is 3. The Bertz CT molecular complexity index is 1260. The van der Waals surface area contributed by atoms with Gasteiger partial charge in [-0.2, -0.15) is 9.46 Å². The topological polar surface area (TPSA) is 157 Å². The summed E-state index contributed by atoms with van der Waals surface area (Å²) in [5, 5.41) is 30.9. The Morgan fingerprint density at radius 1 is 0.882 bits per heavy atom. The van der Waals surface area contributed by atoms with Crippen LogP contribution in [0, 0.1) is 10.4 Å². The van der Waals surface area contributed by atoms with Crippen molar-refractivity contribution < 1.29 is 38.1 Å². The third-order valence-electron chi connectivity index (χ3n) is 5.06. The Morgan fingerprint density at radius 2 is 1.44 bits per heavy atom. The van der Waals surface area contributed by atoms with E-state index in [1.807, 2.05) is 0 Å². The summed E-state index contributed by atoms with van der Waals surface area (Å²) in [7, 11) is 2.59. The summed E-state index contributed by atoms with van der Waals surface area (Å²) in [6.45, 7) is 2.35. The molecule has 0 spiro atoms. The Labute approximate surface area is 194 Å². The number of para-hydroxylation sites is 2. The summed E-state index contributed by atoms with van der Waals surface area (Å²) in [5.74, 6) is -1.63. The normalized spacial score (nSPS) is 12.6. The fourth-order valence-corrected chi connectivity index (χ4v) is 3.35. The summed E-state index contributed by atoms with van der Waals surface area (Å²) < 4.78 is 16.4. The van der Waals surface area contributed by atoms with Gasteiger partial charge in [0.25, 0.3) is 16.9 Å². The van der Waals surface area contributed by atoms with E-state index >= 15 is 0 Å². The van der Waals surface area contributed by atoms with E-state index in [0.29, 0.717) is 9.46 Å². The van der Waals surface area contributed by atoms with E-state index in [-0.39, 0.29) is 33.6 Å². The van der Waals surface area contributed by atoms with Crippen molar-refractivity contribution in [2.45, 2.75) is 25.9 Å². The molecule has 2 amide bonds. The number of carbonyl (C=O) groups excluding carboxylic acids is 3. The van der Waals surface area contributed by atoms with E-state index in [1.54, 1.807) is 12.1 Å². The number of benzene rings is 2. The Balaban J connectivity index is 1.79. The van der Waals surface area contributed by atoms with Gasteiger partial charge in [0, 0.05) is 12.1 Å². The van der Waals surface area contributed by atoms with Gasteiger partial charge in [-0.15, -0.1) is 0 Å². The third kappa shape index (κ3) is 4.70. The van der Waals surface area contributed by atoms with Crippen LogP contribution in [-0.4, -0.2) is 50.7 Å². The van der Waals surface area contributed by atoms with Gasteiger partial charge in [0.15, 0.2) is 18.1 Å². The van der Waals surface area contributed by atoms with Gasteiger partial charge < -0.3 is 35.3 Å². The first-order valence-corrected chi connectivity index (χ1v) is 10.2. The SMILES string of the molecule is COC(=O)[C@@H](C)NC(=O)[C@@H](C)NC(=O)COc1cccc2c1[n+]([O-])c1cccc(OC)c1[n+]2[O-]. The highest BCUT2D eigenvalue weighted by molar-refractivity contribution is 5.91. The fourth-order valence-electron chi connectivity index (χ4n) is 3.35. The molecule has 3 aromatic rings. The van der Waals surface area contributed by atoms with Crippen molar-refractivity contribution in [2.24, 2.45) is 0 Å². The predicted octanol–water partition coefficient (Wildman–Crippen LogP) is -0.170. The van der Waals surface area contributed by atoms with Crippen molar-refractivity contribution in [1.82, 2.24) is 10.6 Å². The lowest BCUT2D eigenvalue weighted by molar-refractivity contribution is -0.591. The average molecular weight is 472 g/mol. The van der Waals surface area contributed by atoms with Crippen molar-refractivity contribution in [1.29, 1.82) is 0 Å². The molecule has 0 radical (unpaired) electrons. The standard InChI is InChI=1S/C22H24N4O8/c1-12(21(28)24-13(2)22(29)33-4)23-18(27)11-34-17-10-6-8-15-20(17)26(31)14-7-5-9-16(32-3)19(14)25(15)30/h5-10,12-13H,11H2,1-4H3,(H,23,27)(H,24,28)/t12-,13-/m1/s1. The molecule has 12 nitrogen and oxygen atoms in total. The molecule has 0 aliphatic carbocycles. The van der Waals surface area contributed by atoms with Gasteiger partial charge in [0.05, 0.1) is 14.2 Å². The quantitative estimate of drug-likeness (QED) is 0.198. The van der Waals surface area contributed by atoms with Crippen LogP contribution < -0.4 is 29.6 Å². The van der Waals surface area contributed by atoms with E-state index in [9.17, 15) is 24.8 Å². The summed E-state index contributed by atoms with van der Waals surface area (Å²) in [6, 6.07) is 7.16. The number of aromatic nitrogens is 2. The minimum absolute atomic E-state index is 0.00777. The number of ether oxygens (including phenoxy) is 3. The first-order chi connectivity index (χ1) is 16.2. The van der Waals surface area contributed by atoms with E-state index < -0.39 is 36.5 Å². The highest BCUT2D eigenvalue weighted by atomic mass is 16.5. The number of hydrogen-bond acceptors (Lipinski definition) is 8. The maximum atomic E-state index is 13.1. The maximum absolute atomic E-state index is 13.1. The predicted molar refractivity (Wildman–Crippen MR) is 119 cm³/mol. The Morgan fingerprint density at radius 3 is 2.00 bits per heavy atom. The largest absolute Gasteiger partial charge is 0.617 e. The van der Waals surface area contributed by atoms with Gasteiger partial charge >= 0.3 is 17.0 Å². The molecule has 34 heavy (non-hydrogen) atoms. The van der Waals surface area contributed by atoms with Crippen molar-refractivity contribution in [3.63, 3.8) is 0 Å². The van der Waals surface area contributed by atoms with Gasteiger partial charge in [-0.1, -0.05) is 12.1 Å². The summed E-state index contributed by atoms with van der Waals surface area (Å²) in [6.07, 6.45) is 0. The lowest BCUT2D eigenvalue weighted by atomic mass is 10.2. The second-order valence-corrected chi connectivity index (χ2v) is 7.37. The van der Waals surface area contributed by atoms with Crippen LogP contribution in [0.3, 0.4) is 0 Å². The molecular formula is C22H24N4O8. The number of fused-ring (bicyclic) bond motifs is 2. The molecule has 0 bridgehead atoms. The molecular weight excluding hydrogens is 448 g/mol. The molecule has 2 N–H and O–H groups in total. The molecule has 0 unspecified atom stereocenters. The Hall–Kier alpha value is -4.35. The third-order valence-corrected chi connectivity index (χ3v) is 5.06. The number of nitrogens with one attached hydrogen (secondary N) is 2. The van der Waals surface area contributed by atoms with Crippen LogP contribution in [0.1, 0.15) is 13.8 Å². The molecule has 1 aromatic heterocycles. The Kier molecular flexibility index (Phi) is 7.19. The number of rotatable bonds is 8. The summed E-state index contributed by atoms with van der Waals surface area (Å²) in [5.41, 5.74) is 0.0778. The fraction of sp³-hybridized carbons (Fsp3) is 0.318. The number of amides is 2. The molecule has 0 saturated heterocycles. The zero-order chi connectivity index (χ0) is 25.0. The molecule has 2 aromatic carbocycles. The van der Waals surface area contributed by atoms with Gasteiger partial charge in [-0.05, 0) is 26.0 Å². The van der Waals surface area contributed by atoms with E-state index in [1.165, 1.54) is 52.3 Å². The molecule has 0 aliphatic rings. The average Bonchev–Trinajstić information content (AvgIpc) is 2.84. The summed E-state index contributed by atoms with van der Waals surface area (Å²) >= 11 is 0. The minimum Gasteiger partial charge on any atom is -0.617 e. The maximum Gasteiger partial charge on any atom is 0.332 e. The van der Waals surface area contributed by atoms with Gasteiger partial charge in [0.1, 0.15) is 12.1 Å².